The van der Waals surface area contributed by atoms with Crippen LogP contribution in [0.4, 0.5) is 11.6 Å². The maximum absolute atomic E-state index is 5.71. The molecule has 0 saturated carbocycles. The van der Waals surface area contributed by atoms with Crippen molar-refractivity contribution < 1.29 is 4.74 Å². The number of rotatable bonds is 5. The molecule has 3 N–H and O–H groups in total. The Morgan fingerprint density at radius 3 is 3.00 bits per heavy atom. The standard InChI is InChI=1S/C11H16N6O/c1-8(5-17-4-3-13-7-17)16-11-9(18-2)10(12)14-6-15-11/h3-4,6-8H,5H2,1-2H3,(H3,12,14,15,16). The van der Waals surface area contributed by atoms with Crippen molar-refractivity contribution >= 4 is 11.6 Å². The first kappa shape index (κ1) is 12.2. The van der Waals surface area contributed by atoms with Gasteiger partial charge in [-0.05, 0) is 6.92 Å². The van der Waals surface area contributed by atoms with Gasteiger partial charge in [-0.1, -0.05) is 0 Å². The van der Waals surface area contributed by atoms with Gasteiger partial charge in [0.05, 0.1) is 13.4 Å². The molecule has 0 spiro atoms. The van der Waals surface area contributed by atoms with Crippen LogP contribution in [-0.4, -0.2) is 32.7 Å². The van der Waals surface area contributed by atoms with Gasteiger partial charge < -0.3 is 20.4 Å². The quantitative estimate of drug-likeness (QED) is 0.812. The lowest BCUT2D eigenvalue weighted by molar-refractivity contribution is 0.414. The van der Waals surface area contributed by atoms with Crippen LogP contribution in [0.2, 0.25) is 0 Å². The SMILES string of the molecule is COc1c(N)ncnc1NC(C)Cn1ccnc1. The molecule has 96 valence electrons. The third kappa shape index (κ3) is 2.68. The molecule has 7 heteroatoms. The Bertz CT molecular complexity index is 498. The lowest BCUT2D eigenvalue weighted by Crippen LogP contribution is -2.22. The number of anilines is 2. The topological polar surface area (TPSA) is 90.9 Å². The Balaban J connectivity index is 2.07. The zero-order valence-corrected chi connectivity index (χ0v) is 10.4. The molecule has 0 aliphatic heterocycles. The normalized spacial score (nSPS) is 12.1. The first-order valence-corrected chi connectivity index (χ1v) is 5.57. The van der Waals surface area contributed by atoms with Crippen molar-refractivity contribution in [2.75, 3.05) is 18.2 Å². The number of aromatic nitrogens is 4. The Hall–Kier alpha value is -2.31. The van der Waals surface area contributed by atoms with Crippen molar-refractivity contribution in [3.8, 4) is 5.75 Å². The summed E-state index contributed by atoms with van der Waals surface area (Å²) in [5, 5.41) is 3.24. The maximum Gasteiger partial charge on any atom is 0.203 e. The second-order valence-corrected chi connectivity index (χ2v) is 3.95. The molecule has 2 aromatic rings. The molecule has 0 aromatic carbocycles. The lowest BCUT2D eigenvalue weighted by Gasteiger charge is -2.17. The van der Waals surface area contributed by atoms with E-state index < -0.39 is 0 Å². The molecule has 7 nitrogen and oxygen atoms in total. The third-order valence-electron chi connectivity index (χ3n) is 2.46. The number of nitrogen functional groups attached to an aromatic ring is 1. The molecule has 2 rings (SSSR count). The Kier molecular flexibility index (Phi) is 3.61. The van der Waals surface area contributed by atoms with Crippen LogP contribution < -0.4 is 15.8 Å². The molecule has 0 radical (unpaired) electrons. The highest BCUT2D eigenvalue weighted by molar-refractivity contribution is 5.61. The van der Waals surface area contributed by atoms with Crippen molar-refractivity contribution in [3.63, 3.8) is 0 Å². The van der Waals surface area contributed by atoms with E-state index in [4.69, 9.17) is 10.5 Å². The highest BCUT2D eigenvalue weighted by Crippen LogP contribution is 2.26. The number of nitrogens with two attached hydrogens (primary N) is 1. The molecular formula is C11H16N6O. The van der Waals surface area contributed by atoms with Crippen molar-refractivity contribution in [2.24, 2.45) is 0 Å². The van der Waals surface area contributed by atoms with Gasteiger partial charge in [0.2, 0.25) is 5.75 Å². The van der Waals surface area contributed by atoms with Gasteiger partial charge >= 0.3 is 0 Å². The summed E-state index contributed by atoms with van der Waals surface area (Å²) in [5.74, 6) is 1.39. The van der Waals surface area contributed by atoms with E-state index >= 15 is 0 Å². The van der Waals surface area contributed by atoms with Crippen molar-refractivity contribution in [1.29, 1.82) is 0 Å². The minimum Gasteiger partial charge on any atom is -0.490 e. The largest absolute Gasteiger partial charge is 0.490 e. The van der Waals surface area contributed by atoms with Crippen molar-refractivity contribution in [2.45, 2.75) is 19.5 Å². The molecule has 0 amide bonds. The predicted octanol–water partition coefficient (Wildman–Crippen LogP) is 0.764. The Morgan fingerprint density at radius 2 is 2.33 bits per heavy atom. The minimum atomic E-state index is 0.155. The van der Waals surface area contributed by atoms with E-state index in [2.05, 4.69) is 20.3 Å². The maximum atomic E-state index is 5.71. The van der Waals surface area contributed by atoms with Gasteiger partial charge in [0.25, 0.3) is 0 Å². The van der Waals surface area contributed by atoms with E-state index in [0.29, 0.717) is 17.4 Å². The second-order valence-electron chi connectivity index (χ2n) is 3.95. The predicted molar refractivity (Wildman–Crippen MR) is 68.3 cm³/mol. The zero-order valence-electron chi connectivity index (χ0n) is 10.4. The fraction of sp³-hybridized carbons (Fsp3) is 0.364. The third-order valence-corrected chi connectivity index (χ3v) is 2.46. The summed E-state index contributed by atoms with van der Waals surface area (Å²) in [6.45, 7) is 2.81. The van der Waals surface area contributed by atoms with Gasteiger partial charge in [-0.25, -0.2) is 15.0 Å². The number of methoxy groups -OCH3 is 1. The highest BCUT2D eigenvalue weighted by atomic mass is 16.5. The Morgan fingerprint density at radius 1 is 1.50 bits per heavy atom. The van der Waals surface area contributed by atoms with Crippen LogP contribution in [0.3, 0.4) is 0 Å². The number of ether oxygens (including phenoxy) is 1. The summed E-state index contributed by atoms with van der Waals surface area (Å²) in [4.78, 5) is 12.0. The van der Waals surface area contributed by atoms with Crippen LogP contribution in [-0.2, 0) is 6.54 Å². The van der Waals surface area contributed by atoms with Crippen LogP contribution in [0.25, 0.3) is 0 Å². The van der Waals surface area contributed by atoms with E-state index in [-0.39, 0.29) is 6.04 Å². The van der Waals surface area contributed by atoms with E-state index in [1.54, 1.807) is 19.6 Å². The molecule has 0 bridgehead atoms. The van der Waals surface area contributed by atoms with Crippen LogP contribution in [0, 0.1) is 0 Å². The number of hydrogen-bond acceptors (Lipinski definition) is 6. The first-order valence-electron chi connectivity index (χ1n) is 5.57. The average molecular weight is 248 g/mol. The average Bonchev–Trinajstić information content (AvgIpc) is 2.82. The van der Waals surface area contributed by atoms with Crippen molar-refractivity contribution in [1.82, 2.24) is 19.5 Å². The monoisotopic (exact) mass is 248 g/mol. The summed E-state index contributed by atoms with van der Waals surface area (Å²) in [7, 11) is 1.54. The van der Waals surface area contributed by atoms with Crippen LogP contribution in [0.1, 0.15) is 6.92 Å². The van der Waals surface area contributed by atoms with Gasteiger partial charge in [-0.15, -0.1) is 0 Å². The number of nitrogens with one attached hydrogen (secondary N) is 1. The summed E-state index contributed by atoms with van der Waals surface area (Å²) in [6, 6.07) is 0.155. The number of hydrogen-bond donors (Lipinski definition) is 2. The van der Waals surface area contributed by atoms with Gasteiger partial charge in [-0.3, -0.25) is 0 Å². The van der Waals surface area contributed by atoms with Crippen LogP contribution >= 0.6 is 0 Å². The molecule has 0 fully saturated rings. The second kappa shape index (κ2) is 5.35. The van der Waals surface area contributed by atoms with Crippen molar-refractivity contribution in [3.05, 3.63) is 25.0 Å². The lowest BCUT2D eigenvalue weighted by atomic mass is 10.3. The molecule has 1 unspecified atom stereocenters. The molecule has 1 atom stereocenters. The fourth-order valence-corrected chi connectivity index (χ4v) is 1.68. The van der Waals surface area contributed by atoms with Crippen LogP contribution in [0.15, 0.2) is 25.0 Å². The Labute approximate surface area is 105 Å². The van der Waals surface area contributed by atoms with E-state index in [0.717, 1.165) is 6.54 Å². The minimum absolute atomic E-state index is 0.155. The van der Waals surface area contributed by atoms with E-state index in [1.165, 1.54) is 6.33 Å². The molecular weight excluding hydrogens is 232 g/mol. The molecule has 2 heterocycles. The van der Waals surface area contributed by atoms with Gasteiger partial charge in [0, 0.05) is 25.0 Å². The first-order chi connectivity index (χ1) is 8.70. The molecule has 0 aliphatic carbocycles. The molecule has 0 aliphatic rings. The van der Waals surface area contributed by atoms with Gasteiger partial charge in [-0.2, -0.15) is 0 Å². The van der Waals surface area contributed by atoms with E-state index in [9.17, 15) is 0 Å². The van der Waals surface area contributed by atoms with Gasteiger partial charge in [0.1, 0.15) is 6.33 Å². The summed E-state index contributed by atoms with van der Waals surface area (Å²) in [6.07, 6.45) is 6.83. The highest BCUT2D eigenvalue weighted by Gasteiger charge is 2.12. The fourth-order valence-electron chi connectivity index (χ4n) is 1.68. The summed E-state index contributed by atoms with van der Waals surface area (Å²) < 4.78 is 7.16. The summed E-state index contributed by atoms with van der Waals surface area (Å²) in [5.41, 5.74) is 5.71. The summed E-state index contributed by atoms with van der Waals surface area (Å²) >= 11 is 0. The smallest absolute Gasteiger partial charge is 0.203 e. The van der Waals surface area contributed by atoms with Gasteiger partial charge in [0.15, 0.2) is 11.6 Å². The molecule has 0 saturated heterocycles. The molecule has 18 heavy (non-hydrogen) atoms. The number of imidazole rings is 1. The molecule has 2 aromatic heterocycles. The van der Waals surface area contributed by atoms with E-state index in [1.807, 2.05) is 17.7 Å². The van der Waals surface area contributed by atoms with Crippen LogP contribution in [0.5, 0.6) is 5.75 Å². The number of nitrogens with zero attached hydrogens (tertiary/aromatic N) is 4. The zero-order chi connectivity index (χ0) is 13.0.